The van der Waals surface area contributed by atoms with Gasteiger partial charge in [-0.15, -0.1) is 0 Å². The molecule has 0 radical (unpaired) electrons. The van der Waals surface area contributed by atoms with Gasteiger partial charge < -0.3 is 19.4 Å². The standard InChI is InChI=1S/C29H34N2O4/c1-19(2)30-27(32)25-14-13-23(35-25)18-34-22-12-11-20-15-16-31(28(33)29(3,4)5)26(24(20)17-22)21-9-7-6-8-10-21/h6-14,17,19,26H,15-16,18H2,1-5H3,(H,30,32). The van der Waals surface area contributed by atoms with E-state index in [0.29, 0.717) is 18.1 Å². The minimum Gasteiger partial charge on any atom is -0.486 e. The van der Waals surface area contributed by atoms with E-state index in [-0.39, 0.29) is 36.3 Å². The van der Waals surface area contributed by atoms with Gasteiger partial charge in [0.05, 0.1) is 6.04 Å². The number of nitrogens with zero attached hydrogens (tertiary/aromatic N) is 1. The van der Waals surface area contributed by atoms with E-state index in [1.54, 1.807) is 12.1 Å². The molecular formula is C29H34N2O4. The lowest BCUT2D eigenvalue weighted by Crippen LogP contribution is -2.45. The van der Waals surface area contributed by atoms with Crippen LogP contribution < -0.4 is 10.1 Å². The second-order valence-corrected chi connectivity index (χ2v) is 10.4. The van der Waals surface area contributed by atoms with E-state index in [1.807, 2.05) is 69.9 Å². The summed E-state index contributed by atoms with van der Waals surface area (Å²) in [7, 11) is 0. The first-order chi connectivity index (χ1) is 16.6. The van der Waals surface area contributed by atoms with Gasteiger partial charge in [0, 0.05) is 18.0 Å². The number of furan rings is 1. The Kier molecular flexibility index (Phi) is 7.01. The number of ether oxygens (including phenoxy) is 1. The fraction of sp³-hybridized carbons (Fsp3) is 0.379. The van der Waals surface area contributed by atoms with Gasteiger partial charge >= 0.3 is 0 Å². The minimum atomic E-state index is -0.475. The van der Waals surface area contributed by atoms with E-state index >= 15 is 0 Å². The highest BCUT2D eigenvalue weighted by Crippen LogP contribution is 2.39. The van der Waals surface area contributed by atoms with Crippen molar-refractivity contribution in [1.29, 1.82) is 0 Å². The maximum Gasteiger partial charge on any atom is 0.287 e. The highest BCUT2D eigenvalue weighted by Gasteiger charge is 2.37. The SMILES string of the molecule is CC(C)NC(=O)c1ccc(COc2ccc3c(c2)C(c2ccccc2)N(C(=O)C(C)(C)C)CC3)o1. The molecular weight excluding hydrogens is 440 g/mol. The van der Waals surface area contributed by atoms with Crippen LogP contribution in [0.1, 0.15) is 73.7 Å². The summed E-state index contributed by atoms with van der Waals surface area (Å²) in [6.45, 7) is 10.6. The normalized spacial score (nSPS) is 15.6. The number of carbonyl (C=O) groups excluding carboxylic acids is 2. The van der Waals surface area contributed by atoms with Crippen molar-refractivity contribution in [2.75, 3.05) is 6.54 Å². The molecule has 2 aromatic carbocycles. The zero-order chi connectivity index (χ0) is 25.2. The number of amides is 2. The molecule has 2 heterocycles. The van der Waals surface area contributed by atoms with Crippen LogP contribution in [0, 0.1) is 5.41 Å². The number of rotatable bonds is 6. The first-order valence-electron chi connectivity index (χ1n) is 12.1. The van der Waals surface area contributed by atoms with Crippen LogP contribution in [0.2, 0.25) is 0 Å². The molecule has 1 N–H and O–H groups in total. The predicted octanol–water partition coefficient (Wildman–Crippen LogP) is 5.52. The lowest BCUT2D eigenvalue weighted by Gasteiger charge is -2.41. The monoisotopic (exact) mass is 474 g/mol. The maximum absolute atomic E-state index is 13.4. The van der Waals surface area contributed by atoms with Crippen molar-refractivity contribution in [3.63, 3.8) is 0 Å². The van der Waals surface area contributed by atoms with E-state index in [1.165, 1.54) is 5.56 Å². The number of hydrogen-bond donors (Lipinski definition) is 1. The average molecular weight is 475 g/mol. The van der Waals surface area contributed by atoms with Crippen LogP contribution in [0.4, 0.5) is 0 Å². The third-order valence-electron chi connectivity index (χ3n) is 6.05. The molecule has 1 aliphatic heterocycles. The summed E-state index contributed by atoms with van der Waals surface area (Å²) >= 11 is 0. The summed E-state index contributed by atoms with van der Waals surface area (Å²) < 4.78 is 11.7. The third-order valence-corrected chi connectivity index (χ3v) is 6.05. The fourth-order valence-corrected chi connectivity index (χ4v) is 4.39. The van der Waals surface area contributed by atoms with Crippen molar-refractivity contribution in [3.05, 3.63) is 88.9 Å². The molecule has 6 nitrogen and oxygen atoms in total. The van der Waals surface area contributed by atoms with Crippen molar-refractivity contribution < 1.29 is 18.7 Å². The Morgan fingerprint density at radius 2 is 1.83 bits per heavy atom. The molecule has 6 heteroatoms. The van der Waals surface area contributed by atoms with Crippen molar-refractivity contribution in [2.24, 2.45) is 5.41 Å². The molecule has 1 aromatic heterocycles. The van der Waals surface area contributed by atoms with Crippen LogP contribution in [0.25, 0.3) is 0 Å². The summed E-state index contributed by atoms with van der Waals surface area (Å²) in [4.78, 5) is 27.5. The van der Waals surface area contributed by atoms with Gasteiger partial charge in [-0.05, 0) is 61.2 Å². The quantitative estimate of drug-likeness (QED) is 0.511. The molecule has 3 aromatic rings. The Balaban J connectivity index is 1.58. The van der Waals surface area contributed by atoms with Gasteiger partial charge in [-0.1, -0.05) is 57.2 Å². The molecule has 1 unspecified atom stereocenters. The van der Waals surface area contributed by atoms with E-state index in [4.69, 9.17) is 9.15 Å². The first kappa shape index (κ1) is 24.6. The fourth-order valence-electron chi connectivity index (χ4n) is 4.39. The Morgan fingerprint density at radius 3 is 2.51 bits per heavy atom. The smallest absolute Gasteiger partial charge is 0.287 e. The minimum absolute atomic E-state index is 0.0325. The number of nitrogens with one attached hydrogen (secondary N) is 1. The molecule has 35 heavy (non-hydrogen) atoms. The molecule has 0 saturated carbocycles. The lowest BCUT2D eigenvalue weighted by molar-refractivity contribution is -0.141. The first-order valence-corrected chi connectivity index (χ1v) is 12.1. The third kappa shape index (κ3) is 5.59. The number of carbonyl (C=O) groups is 2. The summed E-state index contributed by atoms with van der Waals surface area (Å²) in [5, 5.41) is 2.82. The van der Waals surface area contributed by atoms with Gasteiger partial charge in [-0.3, -0.25) is 9.59 Å². The molecule has 0 fully saturated rings. The molecule has 1 aliphatic rings. The van der Waals surface area contributed by atoms with Crippen LogP contribution >= 0.6 is 0 Å². The van der Waals surface area contributed by atoms with Crippen LogP contribution in [-0.4, -0.2) is 29.3 Å². The largest absolute Gasteiger partial charge is 0.486 e. The van der Waals surface area contributed by atoms with E-state index in [2.05, 4.69) is 23.5 Å². The Bertz CT molecular complexity index is 1190. The molecule has 0 saturated heterocycles. The van der Waals surface area contributed by atoms with Gasteiger partial charge in [0.2, 0.25) is 5.91 Å². The molecule has 184 valence electrons. The van der Waals surface area contributed by atoms with Gasteiger partial charge in [-0.25, -0.2) is 0 Å². The van der Waals surface area contributed by atoms with E-state index in [9.17, 15) is 9.59 Å². The van der Waals surface area contributed by atoms with Gasteiger partial charge in [0.1, 0.15) is 18.1 Å². The number of fused-ring (bicyclic) bond motifs is 1. The van der Waals surface area contributed by atoms with Crippen molar-refractivity contribution in [2.45, 2.75) is 59.7 Å². The summed E-state index contributed by atoms with van der Waals surface area (Å²) in [5.74, 6) is 1.42. The molecule has 0 bridgehead atoms. The Hall–Kier alpha value is -3.54. The molecule has 0 aliphatic carbocycles. The van der Waals surface area contributed by atoms with Gasteiger partial charge in [0.25, 0.3) is 5.91 Å². The number of hydrogen-bond acceptors (Lipinski definition) is 4. The zero-order valence-electron chi connectivity index (χ0n) is 21.1. The second kappa shape index (κ2) is 9.98. The molecule has 0 spiro atoms. The van der Waals surface area contributed by atoms with Crippen molar-refractivity contribution in [3.8, 4) is 5.75 Å². The topological polar surface area (TPSA) is 71.8 Å². The summed E-state index contributed by atoms with van der Waals surface area (Å²) in [5.41, 5.74) is 2.90. The summed E-state index contributed by atoms with van der Waals surface area (Å²) in [6, 6.07) is 19.5. The zero-order valence-corrected chi connectivity index (χ0v) is 21.1. The molecule has 1 atom stereocenters. The van der Waals surface area contributed by atoms with Crippen LogP contribution in [0.3, 0.4) is 0 Å². The van der Waals surface area contributed by atoms with Crippen molar-refractivity contribution >= 4 is 11.8 Å². The lowest BCUT2D eigenvalue weighted by atomic mass is 9.85. The highest BCUT2D eigenvalue weighted by atomic mass is 16.5. The maximum atomic E-state index is 13.4. The highest BCUT2D eigenvalue weighted by molar-refractivity contribution is 5.91. The second-order valence-electron chi connectivity index (χ2n) is 10.4. The van der Waals surface area contributed by atoms with E-state index < -0.39 is 5.41 Å². The predicted molar refractivity (Wildman–Crippen MR) is 135 cm³/mol. The number of benzene rings is 2. The Labute approximate surface area is 207 Å². The molecule has 4 rings (SSSR count). The Morgan fingerprint density at radius 1 is 1.09 bits per heavy atom. The van der Waals surface area contributed by atoms with Crippen molar-refractivity contribution in [1.82, 2.24) is 10.2 Å². The van der Waals surface area contributed by atoms with Gasteiger partial charge in [0.15, 0.2) is 5.76 Å². The van der Waals surface area contributed by atoms with Crippen LogP contribution in [0.15, 0.2) is 65.1 Å². The van der Waals surface area contributed by atoms with Crippen LogP contribution in [0.5, 0.6) is 5.75 Å². The molecule has 2 amide bonds. The van der Waals surface area contributed by atoms with E-state index in [0.717, 1.165) is 17.5 Å². The summed E-state index contributed by atoms with van der Waals surface area (Å²) in [6.07, 6.45) is 0.799. The van der Waals surface area contributed by atoms with Gasteiger partial charge in [-0.2, -0.15) is 0 Å². The average Bonchev–Trinajstić information content (AvgIpc) is 3.30. The van der Waals surface area contributed by atoms with Crippen LogP contribution in [-0.2, 0) is 17.8 Å².